The number of fused-ring (bicyclic) bond motifs is 1. The van der Waals surface area contributed by atoms with Crippen LogP contribution in [0.4, 0.5) is 10.1 Å². The number of hydrogen-bond donors (Lipinski definition) is 1. The summed E-state index contributed by atoms with van der Waals surface area (Å²) >= 11 is 0. The highest BCUT2D eigenvalue weighted by Crippen LogP contribution is 2.22. The number of anilines is 1. The van der Waals surface area contributed by atoms with Crippen LogP contribution < -0.4 is 11.0 Å². The number of amides is 1. The topological polar surface area (TPSA) is 96.7 Å². The lowest BCUT2D eigenvalue weighted by molar-refractivity contribution is -0.117. The predicted molar refractivity (Wildman–Crippen MR) is 118 cm³/mol. The summed E-state index contributed by atoms with van der Waals surface area (Å²) in [6.07, 6.45) is 0. The number of nitrogens with zero attached hydrogens (tertiary/aromatic N) is 4. The number of carbonyl (C=O) groups is 1. The van der Waals surface area contributed by atoms with E-state index in [4.69, 9.17) is 0 Å². The highest BCUT2D eigenvalue weighted by Gasteiger charge is 2.29. The molecule has 1 fully saturated rings. The Morgan fingerprint density at radius 2 is 1.59 bits per heavy atom. The van der Waals surface area contributed by atoms with Gasteiger partial charge in [-0.2, -0.15) is 4.31 Å². The Morgan fingerprint density at radius 1 is 0.969 bits per heavy atom. The number of piperazine rings is 1. The van der Waals surface area contributed by atoms with E-state index < -0.39 is 10.0 Å². The Morgan fingerprint density at radius 3 is 2.25 bits per heavy atom. The largest absolute Gasteiger partial charge is 0.328 e. The summed E-state index contributed by atoms with van der Waals surface area (Å²) in [6, 6.07) is 10.2. The second-order valence-electron chi connectivity index (χ2n) is 7.79. The van der Waals surface area contributed by atoms with Gasteiger partial charge in [0, 0.05) is 46.0 Å². The van der Waals surface area contributed by atoms with Crippen molar-refractivity contribution < 1.29 is 17.6 Å². The van der Waals surface area contributed by atoms with Gasteiger partial charge >= 0.3 is 5.69 Å². The number of nitrogens with one attached hydrogen (secondary N) is 1. The zero-order valence-corrected chi connectivity index (χ0v) is 18.6. The third-order valence-corrected chi connectivity index (χ3v) is 7.60. The van der Waals surface area contributed by atoms with E-state index in [0.29, 0.717) is 29.8 Å². The lowest BCUT2D eigenvalue weighted by atomic mass is 10.3. The maximum atomic E-state index is 13.1. The molecule has 1 aliphatic rings. The fraction of sp³-hybridized carbons (Fsp3) is 0.333. The highest BCUT2D eigenvalue weighted by atomic mass is 32.2. The van der Waals surface area contributed by atoms with Crippen LogP contribution in [0.15, 0.2) is 52.2 Å². The average Bonchev–Trinajstić information content (AvgIpc) is 2.99. The lowest BCUT2D eigenvalue weighted by Crippen LogP contribution is -2.50. The molecule has 170 valence electrons. The van der Waals surface area contributed by atoms with Gasteiger partial charge in [0.25, 0.3) is 0 Å². The second-order valence-corrected chi connectivity index (χ2v) is 9.72. The Labute approximate surface area is 184 Å². The van der Waals surface area contributed by atoms with Crippen molar-refractivity contribution in [2.24, 2.45) is 14.1 Å². The number of halogens is 1. The van der Waals surface area contributed by atoms with Crippen LogP contribution in [0.25, 0.3) is 11.0 Å². The molecular weight excluding hydrogens is 437 g/mol. The molecule has 0 aliphatic carbocycles. The summed E-state index contributed by atoms with van der Waals surface area (Å²) in [5.41, 5.74) is 1.49. The van der Waals surface area contributed by atoms with Gasteiger partial charge in [0.2, 0.25) is 15.9 Å². The zero-order valence-electron chi connectivity index (χ0n) is 17.8. The molecule has 0 unspecified atom stereocenters. The minimum Gasteiger partial charge on any atom is -0.325 e. The van der Waals surface area contributed by atoms with Crippen LogP contribution >= 0.6 is 0 Å². The number of aromatic nitrogens is 2. The Bertz CT molecular complexity index is 1320. The molecule has 1 amide bonds. The number of imidazole rings is 1. The number of carbonyl (C=O) groups excluding carboxylic acids is 1. The lowest BCUT2D eigenvalue weighted by Gasteiger charge is -2.33. The third kappa shape index (κ3) is 4.18. The van der Waals surface area contributed by atoms with Gasteiger partial charge in [0.1, 0.15) is 5.82 Å². The molecule has 0 saturated carbocycles. The van der Waals surface area contributed by atoms with E-state index >= 15 is 0 Å². The first-order valence-electron chi connectivity index (χ1n) is 10.1. The Kier molecular flexibility index (Phi) is 5.89. The molecule has 2 aromatic carbocycles. The molecule has 0 atom stereocenters. The van der Waals surface area contributed by atoms with E-state index in [2.05, 4.69) is 5.32 Å². The molecule has 9 nitrogen and oxygen atoms in total. The highest BCUT2D eigenvalue weighted by molar-refractivity contribution is 7.89. The van der Waals surface area contributed by atoms with Gasteiger partial charge in [-0.15, -0.1) is 0 Å². The van der Waals surface area contributed by atoms with Crippen molar-refractivity contribution in [3.8, 4) is 0 Å². The molecule has 1 N–H and O–H groups in total. The van der Waals surface area contributed by atoms with Crippen molar-refractivity contribution in [3.63, 3.8) is 0 Å². The monoisotopic (exact) mass is 461 g/mol. The van der Waals surface area contributed by atoms with Gasteiger partial charge in [-0.3, -0.25) is 18.8 Å². The molecule has 2 heterocycles. The quantitative estimate of drug-likeness (QED) is 0.611. The van der Waals surface area contributed by atoms with Crippen LogP contribution in [0.5, 0.6) is 0 Å². The van der Waals surface area contributed by atoms with Crippen molar-refractivity contribution >= 4 is 32.7 Å². The predicted octanol–water partition coefficient (Wildman–Crippen LogP) is 0.961. The van der Waals surface area contributed by atoms with E-state index in [1.165, 1.54) is 49.8 Å². The summed E-state index contributed by atoms with van der Waals surface area (Å²) in [5, 5.41) is 2.70. The van der Waals surface area contributed by atoms with E-state index in [1.54, 1.807) is 20.2 Å². The number of aryl methyl sites for hydroxylation is 2. The van der Waals surface area contributed by atoms with Crippen LogP contribution in [0.2, 0.25) is 0 Å². The number of hydrogen-bond acceptors (Lipinski definition) is 5. The summed E-state index contributed by atoms with van der Waals surface area (Å²) in [5.74, 6) is -0.627. The van der Waals surface area contributed by atoms with Crippen molar-refractivity contribution in [1.82, 2.24) is 18.3 Å². The van der Waals surface area contributed by atoms with Crippen LogP contribution in [0, 0.1) is 5.82 Å². The maximum Gasteiger partial charge on any atom is 0.328 e. The maximum absolute atomic E-state index is 13.1. The smallest absolute Gasteiger partial charge is 0.325 e. The van der Waals surface area contributed by atoms with Gasteiger partial charge in [0.05, 0.1) is 22.5 Å². The molecule has 0 radical (unpaired) electrons. The summed E-state index contributed by atoms with van der Waals surface area (Å²) < 4.78 is 43.5. The van der Waals surface area contributed by atoms with Gasteiger partial charge in [0.15, 0.2) is 0 Å². The summed E-state index contributed by atoms with van der Waals surface area (Å²) in [7, 11) is -0.481. The minimum atomic E-state index is -3.73. The normalized spacial score (nSPS) is 15.8. The molecule has 1 aliphatic heterocycles. The summed E-state index contributed by atoms with van der Waals surface area (Å²) in [6.45, 7) is 1.42. The average molecular weight is 462 g/mol. The Balaban J connectivity index is 1.40. The molecule has 11 heteroatoms. The fourth-order valence-corrected chi connectivity index (χ4v) is 5.30. The van der Waals surface area contributed by atoms with Crippen LogP contribution in [-0.2, 0) is 28.9 Å². The van der Waals surface area contributed by atoms with Gasteiger partial charge in [-0.1, -0.05) is 0 Å². The molecule has 1 aromatic heterocycles. The number of sulfonamides is 1. The molecule has 32 heavy (non-hydrogen) atoms. The van der Waals surface area contributed by atoms with Gasteiger partial charge < -0.3 is 5.32 Å². The first-order chi connectivity index (χ1) is 15.2. The SMILES string of the molecule is Cn1c(=O)n(C)c2cc(S(=O)(=O)N3CCN(CC(=O)Nc4ccc(F)cc4)CC3)ccc21. The van der Waals surface area contributed by atoms with Gasteiger partial charge in [-0.25, -0.2) is 17.6 Å². The van der Waals surface area contributed by atoms with E-state index in [0.717, 1.165) is 0 Å². The minimum absolute atomic E-state index is 0.114. The van der Waals surface area contributed by atoms with Gasteiger partial charge in [-0.05, 0) is 42.5 Å². The zero-order chi connectivity index (χ0) is 23.0. The Hall–Kier alpha value is -3.02. The molecule has 0 spiro atoms. The fourth-order valence-electron chi connectivity index (χ4n) is 3.86. The van der Waals surface area contributed by atoms with E-state index in [1.807, 2.05) is 4.90 Å². The van der Waals surface area contributed by atoms with Crippen molar-refractivity contribution in [3.05, 3.63) is 58.8 Å². The van der Waals surface area contributed by atoms with Crippen LogP contribution in [0.3, 0.4) is 0 Å². The molecule has 3 aromatic rings. The number of rotatable bonds is 5. The second kappa shape index (κ2) is 8.49. The molecule has 0 bridgehead atoms. The van der Waals surface area contributed by atoms with Crippen molar-refractivity contribution in [2.45, 2.75) is 4.90 Å². The standard InChI is InChI=1S/C21H24FN5O4S/c1-24-18-8-7-17(13-19(18)25(2)21(24)29)32(30,31)27-11-9-26(10-12-27)14-20(28)23-16-5-3-15(22)4-6-16/h3-8,13H,9-12,14H2,1-2H3,(H,23,28). The van der Waals surface area contributed by atoms with Crippen molar-refractivity contribution in [1.29, 1.82) is 0 Å². The third-order valence-electron chi connectivity index (χ3n) is 5.71. The molecular formula is C21H24FN5O4S. The first kappa shape index (κ1) is 22.2. The molecule has 4 rings (SSSR count). The van der Waals surface area contributed by atoms with Crippen LogP contribution in [0.1, 0.15) is 0 Å². The van der Waals surface area contributed by atoms with Crippen LogP contribution in [-0.4, -0.2) is 65.4 Å². The van der Waals surface area contributed by atoms with E-state index in [9.17, 15) is 22.4 Å². The number of benzene rings is 2. The molecule has 1 saturated heterocycles. The van der Waals surface area contributed by atoms with Crippen molar-refractivity contribution in [2.75, 3.05) is 38.0 Å². The van der Waals surface area contributed by atoms with E-state index in [-0.39, 0.29) is 41.9 Å². The summed E-state index contributed by atoms with van der Waals surface area (Å²) in [4.78, 5) is 26.4. The first-order valence-corrected chi connectivity index (χ1v) is 11.5.